The lowest BCUT2D eigenvalue weighted by Gasteiger charge is -2.30. The summed E-state index contributed by atoms with van der Waals surface area (Å²) in [4.78, 5) is 23.8. The van der Waals surface area contributed by atoms with Gasteiger partial charge in [0, 0.05) is 5.41 Å². The second kappa shape index (κ2) is 6.21. The maximum atomic E-state index is 12.4. The molecule has 1 aliphatic rings. The Morgan fingerprint density at radius 3 is 2.22 bits per heavy atom. The molecule has 0 aromatic carbocycles. The van der Waals surface area contributed by atoms with Crippen molar-refractivity contribution < 1.29 is 14.3 Å². The van der Waals surface area contributed by atoms with Gasteiger partial charge in [0.25, 0.3) is 0 Å². The van der Waals surface area contributed by atoms with Gasteiger partial charge in [-0.05, 0) is 32.1 Å². The van der Waals surface area contributed by atoms with Gasteiger partial charge in [0.15, 0.2) is 0 Å². The third kappa shape index (κ3) is 3.47. The Morgan fingerprint density at radius 2 is 1.78 bits per heavy atom. The molecule has 1 aliphatic carbocycles. The Bertz CT molecular complexity index is 306. The first kappa shape index (κ1) is 15.0. The van der Waals surface area contributed by atoms with Crippen molar-refractivity contribution in [1.29, 1.82) is 0 Å². The minimum absolute atomic E-state index is 0.0200. The minimum atomic E-state index is -0.563. The highest BCUT2D eigenvalue weighted by Crippen LogP contribution is 2.43. The van der Waals surface area contributed by atoms with Crippen LogP contribution in [0.1, 0.15) is 52.9 Å². The monoisotopic (exact) mass is 255 g/mol. The van der Waals surface area contributed by atoms with E-state index in [1.54, 1.807) is 6.92 Å². The molecule has 1 saturated carbocycles. The highest BCUT2D eigenvalue weighted by molar-refractivity contribution is 5.88. The molecule has 0 radical (unpaired) electrons. The van der Waals surface area contributed by atoms with Crippen molar-refractivity contribution in [1.82, 2.24) is 5.32 Å². The van der Waals surface area contributed by atoms with Crippen LogP contribution in [-0.4, -0.2) is 25.0 Å². The van der Waals surface area contributed by atoms with Gasteiger partial charge >= 0.3 is 5.97 Å². The average Bonchev–Trinajstić information content (AvgIpc) is 2.76. The molecule has 1 amide bonds. The maximum Gasteiger partial charge on any atom is 0.328 e. The fraction of sp³-hybridized carbons (Fsp3) is 0.857. The van der Waals surface area contributed by atoms with Crippen molar-refractivity contribution in [3.63, 3.8) is 0 Å². The molecule has 18 heavy (non-hydrogen) atoms. The predicted molar refractivity (Wildman–Crippen MR) is 70.0 cm³/mol. The maximum absolute atomic E-state index is 12.4. The summed E-state index contributed by atoms with van der Waals surface area (Å²) in [6.07, 6.45) is 4.97. The van der Waals surface area contributed by atoms with Crippen LogP contribution < -0.4 is 5.32 Å². The summed E-state index contributed by atoms with van der Waals surface area (Å²) in [5.74, 6) is 0.120. The van der Waals surface area contributed by atoms with Crippen molar-refractivity contribution in [3.05, 3.63) is 0 Å². The molecule has 0 spiro atoms. The van der Waals surface area contributed by atoms with Crippen LogP contribution in [0.5, 0.6) is 0 Å². The number of carbonyl (C=O) groups excluding carboxylic acids is 2. The summed E-state index contributed by atoms with van der Waals surface area (Å²) in [5.41, 5.74) is -0.267. The third-order valence-electron chi connectivity index (χ3n) is 3.74. The second-order valence-electron chi connectivity index (χ2n) is 5.80. The Hall–Kier alpha value is -1.06. The zero-order valence-corrected chi connectivity index (χ0v) is 11.9. The van der Waals surface area contributed by atoms with E-state index in [1.165, 1.54) is 7.11 Å². The Labute approximate surface area is 109 Å². The molecule has 1 fully saturated rings. The molecule has 4 heteroatoms. The number of esters is 1. The van der Waals surface area contributed by atoms with Crippen LogP contribution >= 0.6 is 0 Å². The molecule has 0 heterocycles. The van der Waals surface area contributed by atoms with Crippen LogP contribution in [0.15, 0.2) is 0 Å². The Balaban J connectivity index is 2.69. The number of hydrogen-bond donors (Lipinski definition) is 1. The predicted octanol–water partition coefficient (Wildman–Crippen LogP) is 2.27. The number of nitrogens with one attached hydrogen (secondary N) is 1. The van der Waals surface area contributed by atoms with Crippen LogP contribution in [0.25, 0.3) is 0 Å². The Kier molecular flexibility index (Phi) is 5.17. The van der Waals surface area contributed by atoms with Gasteiger partial charge in [-0.25, -0.2) is 4.79 Å². The number of ether oxygens (including phenoxy) is 1. The number of rotatable bonds is 5. The van der Waals surface area contributed by atoms with E-state index in [-0.39, 0.29) is 17.3 Å². The minimum Gasteiger partial charge on any atom is -0.467 e. The second-order valence-corrected chi connectivity index (χ2v) is 5.80. The first-order chi connectivity index (χ1) is 8.41. The molecular weight excluding hydrogens is 230 g/mol. The van der Waals surface area contributed by atoms with Crippen LogP contribution in [-0.2, 0) is 14.3 Å². The molecule has 1 rings (SSSR count). The van der Waals surface area contributed by atoms with Crippen LogP contribution in [0.4, 0.5) is 0 Å². The van der Waals surface area contributed by atoms with Gasteiger partial charge < -0.3 is 10.1 Å². The standard InChI is InChI=1S/C14H25NO3/c1-10(2)9-14(7-5-6-8-14)13(17)15-11(3)12(16)18-4/h10-11H,5-9H2,1-4H3,(H,15,17). The van der Waals surface area contributed by atoms with E-state index >= 15 is 0 Å². The molecule has 0 aliphatic heterocycles. The molecule has 0 saturated heterocycles. The van der Waals surface area contributed by atoms with Crippen molar-refractivity contribution >= 4 is 11.9 Å². The van der Waals surface area contributed by atoms with E-state index in [2.05, 4.69) is 23.9 Å². The smallest absolute Gasteiger partial charge is 0.328 e. The van der Waals surface area contributed by atoms with E-state index in [9.17, 15) is 9.59 Å². The van der Waals surface area contributed by atoms with Crippen LogP contribution in [0.2, 0.25) is 0 Å². The quantitative estimate of drug-likeness (QED) is 0.767. The zero-order valence-electron chi connectivity index (χ0n) is 11.9. The van der Waals surface area contributed by atoms with E-state index in [0.717, 1.165) is 32.1 Å². The molecule has 1 atom stereocenters. The van der Waals surface area contributed by atoms with Crippen molar-refractivity contribution in [3.8, 4) is 0 Å². The first-order valence-electron chi connectivity index (χ1n) is 6.80. The third-order valence-corrected chi connectivity index (χ3v) is 3.74. The van der Waals surface area contributed by atoms with Crippen molar-refractivity contribution in [2.24, 2.45) is 11.3 Å². The van der Waals surface area contributed by atoms with E-state index in [0.29, 0.717) is 5.92 Å². The molecule has 0 aromatic heterocycles. The molecule has 104 valence electrons. The van der Waals surface area contributed by atoms with Gasteiger partial charge in [-0.2, -0.15) is 0 Å². The highest BCUT2D eigenvalue weighted by Gasteiger charge is 2.42. The fourth-order valence-corrected chi connectivity index (χ4v) is 2.94. The van der Waals surface area contributed by atoms with Gasteiger partial charge in [-0.1, -0.05) is 26.7 Å². The lowest BCUT2D eigenvalue weighted by molar-refractivity contribution is -0.146. The molecular formula is C14H25NO3. The summed E-state index contributed by atoms with van der Waals surface area (Å²) in [6.45, 7) is 5.94. The summed E-state index contributed by atoms with van der Waals surface area (Å²) in [5, 5.41) is 2.81. The molecule has 0 aromatic rings. The van der Waals surface area contributed by atoms with E-state index in [4.69, 9.17) is 0 Å². The number of methoxy groups -OCH3 is 1. The lowest BCUT2D eigenvalue weighted by atomic mass is 9.77. The van der Waals surface area contributed by atoms with E-state index in [1.807, 2.05) is 0 Å². The summed E-state index contributed by atoms with van der Waals surface area (Å²) in [7, 11) is 1.34. The largest absolute Gasteiger partial charge is 0.467 e. The molecule has 4 nitrogen and oxygen atoms in total. The average molecular weight is 255 g/mol. The van der Waals surface area contributed by atoms with Crippen LogP contribution in [0, 0.1) is 11.3 Å². The Morgan fingerprint density at radius 1 is 1.22 bits per heavy atom. The van der Waals surface area contributed by atoms with Crippen LogP contribution in [0.3, 0.4) is 0 Å². The van der Waals surface area contributed by atoms with E-state index < -0.39 is 6.04 Å². The number of carbonyl (C=O) groups is 2. The summed E-state index contributed by atoms with van der Waals surface area (Å²) >= 11 is 0. The number of hydrogen-bond acceptors (Lipinski definition) is 3. The van der Waals surface area contributed by atoms with Gasteiger partial charge in [-0.3, -0.25) is 4.79 Å². The fourth-order valence-electron chi connectivity index (χ4n) is 2.94. The van der Waals surface area contributed by atoms with Crippen molar-refractivity contribution in [2.45, 2.75) is 58.9 Å². The first-order valence-corrected chi connectivity index (χ1v) is 6.80. The van der Waals surface area contributed by atoms with Gasteiger partial charge in [-0.15, -0.1) is 0 Å². The molecule has 0 bridgehead atoms. The highest BCUT2D eigenvalue weighted by atomic mass is 16.5. The molecule has 1 N–H and O–H groups in total. The summed E-state index contributed by atoms with van der Waals surface area (Å²) in [6, 6.07) is -0.563. The van der Waals surface area contributed by atoms with Gasteiger partial charge in [0.1, 0.15) is 6.04 Å². The lowest BCUT2D eigenvalue weighted by Crippen LogP contribution is -2.47. The SMILES string of the molecule is COC(=O)C(C)NC(=O)C1(CC(C)C)CCCC1. The normalized spacial score (nSPS) is 19.6. The van der Waals surface area contributed by atoms with Crippen molar-refractivity contribution in [2.75, 3.05) is 7.11 Å². The number of amides is 1. The van der Waals surface area contributed by atoms with Gasteiger partial charge in [0.05, 0.1) is 7.11 Å². The topological polar surface area (TPSA) is 55.4 Å². The molecule has 1 unspecified atom stereocenters. The van der Waals surface area contributed by atoms with Gasteiger partial charge in [0.2, 0.25) is 5.91 Å². The summed E-state index contributed by atoms with van der Waals surface area (Å²) < 4.78 is 4.64. The zero-order chi connectivity index (χ0) is 13.8.